The Morgan fingerprint density at radius 1 is 1.50 bits per heavy atom. The molecule has 2 fully saturated rings. The summed E-state index contributed by atoms with van der Waals surface area (Å²) in [6.45, 7) is 1.11. The Morgan fingerprint density at radius 3 is 3.15 bits per heavy atom. The molecule has 0 spiro atoms. The highest BCUT2D eigenvalue weighted by molar-refractivity contribution is 8.01. The molecular formula is C14H15ClN2O2S. The third kappa shape index (κ3) is 2.29. The summed E-state index contributed by atoms with van der Waals surface area (Å²) in [5.41, 5.74) is 0.959. The van der Waals surface area contributed by atoms with E-state index in [1.807, 2.05) is 18.2 Å². The first kappa shape index (κ1) is 13.8. The number of nitrogens with zero attached hydrogens (tertiary/aromatic N) is 1. The lowest BCUT2D eigenvalue weighted by Crippen LogP contribution is -2.50. The summed E-state index contributed by atoms with van der Waals surface area (Å²) < 4.78 is 0. The molecular weight excluding hydrogens is 296 g/mol. The van der Waals surface area contributed by atoms with E-state index in [2.05, 4.69) is 5.32 Å². The maximum absolute atomic E-state index is 12.5. The van der Waals surface area contributed by atoms with Gasteiger partial charge in [0.1, 0.15) is 0 Å². The van der Waals surface area contributed by atoms with E-state index >= 15 is 0 Å². The molecule has 1 atom stereocenters. The van der Waals surface area contributed by atoms with Crippen LogP contribution in [0, 0.1) is 0 Å². The van der Waals surface area contributed by atoms with Gasteiger partial charge in [0.15, 0.2) is 4.87 Å². The van der Waals surface area contributed by atoms with Crippen LogP contribution in [0.2, 0.25) is 5.02 Å². The van der Waals surface area contributed by atoms with Gasteiger partial charge in [-0.15, -0.1) is 11.8 Å². The van der Waals surface area contributed by atoms with E-state index in [9.17, 15) is 9.59 Å². The Hall–Kier alpha value is -1.20. The van der Waals surface area contributed by atoms with Crippen molar-refractivity contribution in [1.82, 2.24) is 10.2 Å². The van der Waals surface area contributed by atoms with Gasteiger partial charge in [-0.1, -0.05) is 23.7 Å². The van der Waals surface area contributed by atoms with Crippen molar-refractivity contribution in [2.75, 3.05) is 12.3 Å². The fourth-order valence-electron chi connectivity index (χ4n) is 2.78. The zero-order valence-corrected chi connectivity index (χ0v) is 12.5. The van der Waals surface area contributed by atoms with Crippen LogP contribution in [-0.2, 0) is 16.1 Å². The molecule has 0 aromatic heterocycles. The Morgan fingerprint density at radius 2 is 2.35 bits per heavy atom. The van der Waals surface area contributed by atoms with Gasteiger partial charge in [0.05, 0.1) is 0 Å². The van der Waals surface area contributed by atoms with Gasteiger partial charge in [0, 0.05) is 30.3 Å². The topological polar surface area (TPSA) is 49.4 Å². The number of rotatable bonds is 3. The van der Waals surface area contributed by atoms with Gasteiger partial charge < -0.3 is 10.2 Å². The van der Waals surface area contributed by atoms with Gasteiger partial charge in [-0.05, 0) is 24.1 Å². The average molecular weight is 311 g/mol. The van der Waals surface area contributed by atoms with E-state index < -0.39 is 4.87 Å². The molecule has 2 aliphatic rings. The lowest BCUT2D eigenvalue weighted by molar-refractivity contribution is -0.135. The molecule has 2 saturated heterocycles. The first-order valence-corrected chi connectivity index (χ1v) is 7.95. The minimum absolute atomic E-state index is 0.0641. The summed E-state index contributed by atoms with van der Waals surface area (Å²) in [5, 5.41) is 3.59. The Bertz CT molecular complexity index is 566. The fourth-order valence-corrected chi connectivity index (χ4v) is 4.40. The molecule has 106 valence electrons. The molecule has 1 N–H and O–H groups in total. The molecule has 2 aliphatic heterocycles. The second kappa shape index (κ2) is 5.30. The summed E-state index contributed by atoms with van der Waals surface area (Å²) >= 11 is 7.50. The van der Waals surface area contributed by atoms with Gasteiger partial charge in [-0.3, -0.25) is 9.59 Å². The molecule has 0 saturated carbocycles. The number of hydrogen-bond acceptors (Lipinski definition) is 3. The number of fused-ring (bicyclic) bond motifs is 1. The van der Waals surface area contributed by atoms with Gasteiger partial charge in [0.25, 0.3) is 5.91 Å². The van der Waals surface area contributed by atoms with Crippen LogP contribution in [-0.4, -0.2) is 33.9 Å². The molecule has 4 nitrogen and oxygen atoms in total. The zero-order valence-electron chi connectivity index (χ0n) is 10.9. The van der Waals surface area contributed by atoms with Crippen LogP contribution < -0.4 is 5.32 Å². The number of carbonyl (C=O) groups excluding carboxylic acids is 2. The maximum Gasteiger partial charge on any atom is 0.256 e. The maximum atomic E-state index is 12.5. The second-order valence-corrected chi connectivity index (χ2v) is 6.80. The third-order valence-corrected chi connectivity index (χ3v) is 5.48. The third-order valence-electron chi connectivity index (χ3n) is 3.77. The smallest absolute Gasteiger partial charge is 0.256 e. The summed E-state index contributed by atoms with van der Waals surface area (Å²) in [7, 11) is 0. The number of halogens is 1. The zero-order chi connectivity index (χ0) is 14.2. The molecule has 0 unspecified atom stereocenters. The Balaban J connectivity index is 1.69. The predicted molar refractivity (Wildman–Crippen MR) is 79.4 cm³/mol. The van der Waals surface area contributed by atoms with Crippen molar-refractivity contribution in [3.8, 4) is 0 Å². The minimum Gasteiger partial charge on any atom is -0.349 e. The van der Waals surface area contributed by atoms with Crippen molar-refractivity contribution in [2.24, 2.45) is 0 Å². The number of benzene rings is 1. The number of hydrogen-bond donors (Lipinski definition) is 1. The standard InChI is InChI=1S/C14H15ClN2O2S/c15-11-3-1-2-10(8-11)9-16-13(19)14-5-4-12(18)17(14)6-7-20-14/h1-3,8H,4-7,9H2,(H,16,19)/t14-/m0/s1. The van der Waals surface area contributed by atoms with E-state index in [1.54, 1.807) is 22.7 Å². The molecule has 1 aromatic carbocycles. The number of thioether (sulfide) groups is 1. The van der Waals surface area contributed by atoms with Crippen LogP contribution in [0.3, 0.4) is 0 Å². The molecule has 2 heterocycles. The lowest BCUT2D eigenvalue weighted by Gasteiger charge is -2.29. The van der Waals surface area contributed by atoms with Crippen molar-refractivity contribution < 1.29 is 9.59 Å². The molecule has 0 aliphatic carbocycles. The van der Waals surface area contributed by atoms with Gasteiger partial charge >= 0.3 is 0 Å². The monoisotopic (exact) mass is 310 g/mol. The van der Waals surface area contributed by atoms with Crippen LogP contribution in [0.25, 0.3) is 0 Å². The number of carbonyl (C=O) groups is 2. The summed E-state index contributed by atoms with van der Waals surface area (Å²) in [4.78, 5) is 25.3. The van der Waals surface area contributed by atoms with E-state index in [1.165, 1.54) is 0 Å². The lowest BCUT2D eigenvalue weighted by atomic mass is 10.1. The minimum atomic E-state index is -0.671. The Kier molecular flexibility index (Phi) is 3.65. The number of nitrogens with one attached hydrogen (secondary N) is 1. The van der Waals surface area contributed by atoms with Crippen molar-refractivity contribution in [1.29, 1.82) is 0 Å². The summed E-state index contributed by atoms with van der Waals surface area (Å²) in [6, 6.07) is 7.41. The first-order valence-electron chi connectivity index (χ1n) is 6.59. The van der Waals surface area contributed by atoms with Crippen molar-refractivity contribution in [3.05, 3.63) is 34.9 Å². The van der Waals surface area contributed by atoms with Crippen LogP contribution in [0.15, 0.2) is 24.3 Å². The van der Waals surface area contributed by atoms with Gasteiger partial charge in [0.2, 0.25) is 5.91 Å². The van der Waals surface area contributed by atoms with E-state index in [0.717, 1.165) is 11.3 Å². The van der Waals surface area contributed by atoms with Crippen molar-refractivity contribution in [2.45, 2.75) is 24.3 Å². The molecule has 6 heteroatoms. The highest BCUT2D eigenvalue weighted by atomic mass is 35.5. The largest absolute Gasteiger partial charge is 0.349 e. The molecule has 3 rings (SSSR count). The summed E-state index contributed by atoms with van der Waals surface area (Å²) in [5.74, 6) is 0.856. The van der Waals surface area contributed by atoms with Crippen LogP contribution in [0.5, 0.6) is 0 Å². The van der Waals surface area contributed by atoms with Crippen LogP contribution in [0.1, 0.15) is 18.4 Å². The van der Waals surface area contributed by atoms with Gasteiger partial charge in [-0.2, -0.15) is 0 Å². The van der Waals surface area contributed by atoms with E-state index in [-0.39, 0.29) is 11.8 Å². The quantitative estimate of drug-likeness (QED) is 0.929. The van der Waals surface area contributed by atoms with Gasteiger partial charge in [-0.25, -0.2) is 0 Å². The van der Waals surface area contributed by atoms with E-state index in [4.69, 9.17) is 11.6 Å². The average Bonchev–Trinajstić information content (AvgIpc) is 2.99. The predicted octanol–water partition coefficient (Wildman–Crippen LogP) is 2.02. The SMILES string of the molecule is O=C1CC[C@@]2(C(=O)NCc3cccc(Cl)c3)SCCN12. The second-order valence-electron chi connectivity index (χ2n) is 4.99. The van der Waals surface area contributed by atoms with Crippen molar-refractivity contribution in [3.63, 3.8) is 0 Å². The normalized spacial score (nSPS) is 24.9. The molecule has 0 bridgehead atoms. The highest BCUT2D eigenvalue weighted by Crippen LogP contribution is 2.44. The number of amides is 2. The fraction of sp³-hybridized carbons (Fsp3) is 0.429. The highest BCUT2D eigenvalue weighted by Gasteiger charge is 2.54. The summed E-state index contributed by atoms with van der Waals surface area (Å²) in [6.07, 6.45) is 1.08. The molecule has 1 aromatic rings. The van der Waals surface area contributed by atoms with Crippen LogP contribution >= 0.6 is 23.4 Å². The molecule has 20 heavy (non-hydrogen) atoms. The first-order chi connectivity index (χ1) is 9.62. The molecule has 0 radical (unpaired) electrons. The Labute approximate surface area is 126 Å². The van der Waals surface area contributed by atoms with Crippen LogP contribution in [0.4, 0.5) is 0 Å². The van der Waals surface area contributed by atoms with Crippen molar-refractivity contribution >= 4 is 35.2 Å². The van der Waals surface area contributed by atoms with E-state index in [0.29, 0.717) is 31.0 Å². The molecule has 2 amide bonds.